The first-order chi connectivity index (χ1) is 9.85. The lowest BCUT2D eigenvalue weighted by Gasteiger charge is -2.26. The number of benzene rings is 1. The summed E-state index contributed by atoms with van der Waals surface area (Å²) in [6.07, 6.45) is -3.76. The van der Waals surface area contributed by atoms with Crippen LogP contribution in [0, 0.1) is 0 Å². The second-order valence-electron chi connectivity index (χ2n) is 5.28. The fourth-order valence-electron chi connectivity index (χ4n) is 2.13. The first kappa shape index (κ1) is 15.9. The number of hydrogen-bond donors (Lipinski definition) is 2. The van der Waals surface area contributed by atoms with Crippen LogP contribution < -0.4 is 10.5 Å². The van der Waals surface area contributed by atoms with Gasteiger partial charge in [0.25, 0.3) is 0 Å². The van der Waals surface area contributed by atoms with Gasteiger partial charge in [0.2, 0.25) is 0 Å². The smallest absolute Gasteiger partial charge is 0.401 e. The molecule has 1 saturated carbocycles. The summed E-state index contributed by atoms with van der Waals surface area (Å²) in [7, 11) is 0. The lowest BCUT2D eigenvalue weighted by Crippen LogP contribution is -2.42. The molecule has 7 heteroatoms. The molecule has 0 radical (unpaired) electrons. The molecule has 4 nitrogen and oxygen atoms in total. The minimum atomic E-state index is -4.26. The first-order valence-corrected chi connectivity index (χ1v) is 6.81. The van der Waals surface area contributed by atoms with E-state index in [9.17, 15) is 18.3 Å². The lowest BCUT2D eigenvalue weighted by molar-refractivity contribution is -0.150. The Morgan fingerprint density at radius 1 is 1.33 bits per heavy atom. The number of rotatable bonds is 7. The highest BCUT2D eigenvalue weighted by Crippen LogP contribution is 2.30. The van der Waals surface area contributed by atoms with Crippen LogP contribution in [0.4, 0.5) is 18.9 Å². The van der Waals surface area contributed by atoms with Crippen molar-refractivity contribution in [3.05, 3.63) is 24.3 Å². The largest absolute Gasteiger partial charge is 0.489 e. The summed E-state index contributed by atoms with van der Waals surface area (Å²) >= 11 is 0. The summed E-state index contributed by atoms with van der Waals surface area (Å²) in [4.78, 5) is 1.27. The van der Waals surface area contributed by atoms with E-state index >= 15 is 0 Å². The average Bonchev–Trinajstić information content (AvgIpc) is 3.19. The molecule has 1 aromatic carbocycles. The van der Waals surface area contributed by atoms with Crippen LogP contribution in [0.25, 0.3) is 0 Å². The van der Waals surface area contributed by atoms with Crippen molar-refractivity contribution in [2.75, 3.05) is 25.4 Å². The van der Waals surface area contributed by atoms with Crippen LogP contribution in [0.3, 0.4) is 0 Å². The highest BCUT2D eigenvalue weighted by Gasteiger charge is 2.38. The Morgan fingerprint density at radius 2 is 2.00 bits per heavy atom. The molecule has 1 aromatic rings. The number of aliphatic hydroxyl groups is 1. The Labute approximate surface area is 121 Å². The van der Waals surface area contributed by atoms with Crippen LogP contribution >= 0.6 is 0 Å². The predicted molar refractivity (Wildman–Crippen MR) is 73.0 cm³/mol. The Bertz CT molecular complexity index is 464. The van der Waals surface area contributed by atoms with E-state index in [2.05, 4.69) is 0 Å². The number of nitrogens with zero attached hydrogens (tertiary/aromatic N) is 1. The molecular weight excluding hydrogens is 285 g/mol. The van der Waals surface area contributed by atoms with Crippen molar-refractivity contribution < 1.29 is 23.0 Å². The van der Waals surface area contributed by atoms with Crippen molar-refractivity contribution in [2.24, 2.45) is 0 Å². The molecule has 0 aromatic heterocycles. The van der Waals surface area contributed by atoms with Crippen LogP contribution in [0.1, 0.15) is 12.8 Å². The van der Waals surface area contributed by atoms with Crippen molar-refractivity contribution in [1.82, 2.24) is 4.90 Å². The Kier molecular flexibility index (Phi) is 4.95. The topological polar surface area (TPSA) is 58.7 Å². The number of nitrogen functional groups attached to an aromatic ring is 1. The molecule has 0 heterocycles. The van der Waals surface area contributed by atoms with Crippen molar-refractivity contribution >= 4 is 5.69 Å². The minimum absolute atomic E-state index is 0.0586. The number of aliphatic hydroxyl groups excluding tert-OH is 1. The molecule has 2 rings (SSSR count). The zero-order valence-electron chi connectivity index (χ0n) is 11.5. The number of para-hydroxylation sites is 2. The molecule has 0 amide bonds. The maximum absolute atomic E-state index is 12.5. The fourth-order valence-corrected chi connectivity index (χ4v) is 2.13. The standard InChI is InChI=1S/C14H19F3N2O2/c15-14(16,17)9-19(10-5-6-10)7-11(20)8-21-13-4-2-1-3-12(13)18/h1-4,10-11,20H,5-9,18H2. The monoisotopic (exact) mass is 304 g/mol. The van der Waals surface area contributed by atoms with E-state index < -0.39 is 18.8 Å². The third kappa shape index (κ3) is 5.43. The molecule has 3 N–H and O–H groups in total. The van der Waals surface area contributed by atoms with E-state index in [0.717, 1.165) is 12.8 Å². The molecule has 1 atom stereocenters. The zero-order valence-corrected chi connectivity index (χ0v) is 11.5. The highest BCUT2D eigenvalue weighted by atomic mass is 19.4. The van der Waals surface area contributed by atoms with Crippen molar-refractivity contribution in [1.29, 1.82) is 0 Å². The van der Waals surface area contributed by atoms with Gasteiger partial charge < -0.3 is 15.6 Å². The lowest BCUT2D eigenvalue weighted by atomic mass is 10.3. The first-order valence-electron chi connectivity index (χ1n) is 6.81. The zero-order chi connectivity index (χ0) is 15.5. The van der Waals surface area contributed by atoms with Gasteiger partial charge in [-0.05, 0) is 25.0 Å². The molecule has 0 bridgehead atoms. The molecule has 0 spiro atoms. The number of anilines is 1. The second kappa shape index (κ2) is 6.53. The normalized spacial score (nSPS) is 17.0. The third-order valence-corrected chi connectivity index (χ3v) is 3.24. The van der Waals surface area contributed by atoms with E-state index in [4.69, 9.17) is 10.5 Å². The predicted octanol–water partition coefficient (Wildman–Crippen LogP) is 2.04. The highest BCUT2D eigenvalue weighted by molar-refractivity contribution is 5.51. The van der Waals surface area contributed by atoms with Gasteiger partial charge in [-0.3, -0.25) is 4.90 Å². The van der Waals surface area contributed by atoms with Gasteiger partial charge in [-0.2, -0.15) is 13.2 Å². The molecule has 1 fully saturated rings. The minimum Gasteiger partial charge on any atom is -0.489 e. The molecule has 1 unspecified atom stereocenters. The number of ether oxygens (including phenoxy) is 1. The van der Waals surface area contributed by atoms with Crippen LogP contribution in [-0.4, -0.2) is 48.0 Å². The van der Waals surface area contributed by atoms with E-state index in [1.807, 2.05) is 0 Å². The number of nitrogens with two attached hydrogens (primary N) is 1. The summed E-state index contributed by atoms with van der Waals surface area (Å²) in [5.74, 6) is 0.422. The Morgan fingerprint density at radius 3 is 2.57 bits per heavy atom. The summed E-state index contributed by atoms with van der Waals surface area (Å²) in [6.45, 7) is -1.14. The van der Waals surface area contributed by atoms with Gasteiger partial charge in [-0.25, -0.2) is 0 Å². The van der Waals surface area contributed by atoms with E-state index in [1.165, 1.54) is 4.90 Å². The Balaban J connectivity index is 1.82. The van der Waals surface area contributed by atoms with Crippen LogP contribution in [0.2, 0.25) is 0 Å². The average molecular weight is 304 g/mol. The maximum atomic E-state index is 12.5. The summed E-state index contributed by atoms with van der Waals surface area (Å²) in [5.41, 5.74) is 6.11. The van der Waals surface area contributed by atoms with Crippen molar-refractivity contribution in [2.45, 2.75) is 31.2 Å². The van der Waals surface area contributed by atoms with Gasteiger partial charge in [0.1, 0.15) is 18.5 Å². The maximum Gasteiger partial charge on any atom is 0.401 e. The second-order valence-corrected chi connectivity index (χ2v) is 5.28. The number of alkyl halides is 3. The van der Waals surface area contributed by atoms with E-state index in [1.54, 1.807) is 24.3 Å². The van der Waals surface area contributed by atoms with Crippen LogP contribution in [0.15, 0.2) is 24.3 Å². The van der Waals surface area contributed by atoms with Crippen LogP contribution in [-0.2, 0) is 0 Å². The molecule has 1 aliphatic carbocycles. The molecule has 0 saturated heterocycles. The van der Waals surface area contributed by atoms with Gasteiger partial charge in [-0.15, -0.1) is 0 Å². The molecular formula is C14H19F3N2O2. The quantitative estimate of drug-likeness (QED) is 0.757. The molecule has 118 valence electrons. The fraction of sp³-hybridized carbons (Fsp3) is 0.571. The summed E-state index contributed by atoms with van der Waals surface area (Å²) in [6, 6.07) is 6.70. The van der Waals surface area contributed by atoms with Gasteiger partial charge in [0.05, 0.1) is 12.2 Å². The van der Waals surface area contributed by atoms with E-state index in [0.29, 0.717) is 11.4 Å². The SMILES string of the molecule is Nc1ccccc1OCC(O)CN(CC(F)(F)F)C1CC1. The van der Waals surface area contributed by atoms with Gasteiger partial charge in [0, 0.05) is 12.6 Å². The molecule has 1 aliphatic rings. The molecule has 21 heavy (non-hydrogen) atoms. The third-order valence-electron chi connectivity index (χ3n) is 3.24. The Hall–Kier alpha value is -1.47. The summed E-state index contributed by atoms with van der Waals surface area (Å²) in [5, 5.41) is 9.87. The van der Waals surface area contributed by atoms with Crippen molar-refractivity contribution in [3.63, 3.8) is 0 Å². The number of halogens is 3. The summed E-state index contributed by atoms with van der Waals surface area (Å²) < 4.78 is 42.8. The van der Waals surface area contributed by atoms with Gasteiger partial charge in [0.15, 0.2) is 0 Å². The van der Waals surface area contributed by atoms with Gasteiger partial charge >= 0.3 is 6.18 Å². The molecule has 0 aliphatic heterocycles. The van der Waals surface area contributed by atoms with Crippen molar-refractivity contribution in [3.8, 4) is 5.75 Å². The van der Waals surface area contributed by atoms with Gasteiger partial charge in [-0.1, -0.05) is 12.1 Å². The van der Waals surface area contributed by atoms with Crippen LogP contribution in [0.5, 0.6) is 5.75 Å². The van der Waals surface area contributed by atoms with E-state index in [-0.39, 0.29) is 19.2 Å². The number of hydrogen-bond acceptors (Lipinski definition) is 4.